The Hall–Kier alpha value is -3.20. The van der Waals surface area contributed by atoms with Crippen LogP contribution in [0.25, 0.3) is 10.2 Å². The molecule has 30 heavy (non-hydrogen) atoms. The second-order valence-electron chi connectivity index (χ2n) is 6.68. The van der Waals surface area contributed by atoms with Gasteiger partial charge in [-0.3, -0.25) is 14.2 Å². The number of thiophene rings is 1. The van der Waals surface area contributed by atoms with Crippen LogP contribution in [0.3, 0.4) is 0 Å². The Bertz CT molecular complexity index is 1150. The van der Waals surface area contributed by atoms with Gasteiger partial charge in [-0.15, -0.1) is 11.3 Å². The largest absolute Gasteiger partial charge is 0.492 e. The summed E-state index contributed by atoms with van der Waals surface area (Å²) >= 11 is 1.11. The predicted molar refractivity (Wildman–Crippen MR) is 116 cm³/mol. The molecule has 1 aromatic carbocycles. The molecular weight excluding hydrogens is 406 g/mol. The van der Waals surface area contributed by atoms with Crippen molar-refractivity contribution in [1.82, 2.24) is 9.55 Å². The summed E-state index contributed by atoms with van der Waals surface area (Å²) in [6.07, 6.45) is 1.20. The van der Waals surface area contributed by atoms with Crippen LogP contribution < -0.4 is 15.6 Å². The van der Waals surface area contributed by atoms with Crippen LogP contribution in [0.15, 0.2) is 34.4 Å². The van der Waals surface area contributed by atoms with Crippen LogP contribution in [0, 0.1) is 0 Å². The Labute approximate surface area is 177 Å². The van der Waals surface area contributed by atoms with Crippen molar-refractivity contribution >= 4 is 39.1 Å². The van der Waals surface area contributed by atoms with Crippen LogP contribution in [-0.4, -0.2) is 33.1 Å². The molecule has 158 valence electrons. The number of carbonyl (C=O) groups excluding carboxylic acids is 1. The number of nitrogens with one attached hydrogen (secondary N) is 1. The number of benzene rings is 1. The van der Waals surface area contributed by atoms with Gasteiger partial charge in [0.05, 0.1) is 23.2 Å². The van der Waals surface area contributed by atoms with Gasteiger partial charge in [-0.1, -0.05) is 19.1 Å². The second kappa shape index (κ2) is 9.08. The van der Waals surface area contributed by atoms with Crippen LogP contribution in [0.4, 0.5) is 5.69 Å². The first-order chi connectivity index (χ1) is 14.4. The Kier molecular flexibility index (Phi) is 6.51. The van der Waals surface area contributed by atoms with E-state index in [2.05, 4.69) is 10.3 Å². The Morgan fingerprint density at radius 1 is 1.30 bits per heavy atom. The number of rotatable bonds is 8. The lowest BCUT2D eigenvalue weighted by Crippen LogP contribution is -2.35. The summed E-state index contributed by atoms with van der Waals surface area (Å²) < 4.78 is 6.83. The first kappa shape index (κ1) is 21.5. The molecule has 0 aliphatic heterocycles. The van der Waals surface area contributed by atoms with Gasteiger partial charge in [0.25, 0.3) is 5.56 Å². The quantitative estimate of drug-likeness (QED) is 0.565. The van der Waals surface area contributed by atoms with Crippen molar-refractivity contribution in [2.45, 2.75) is 39.7 Å². The van der Waals surface area contributed by atoms with Crippen molar-refractivity contribution in [3.05, 3.63) is 51.4 Å². The highest BCUT2D eigenvalue weighted by Crippen LogP contribution is 2.26. The zero-order valence-electron chi connectivity index (χ0n) is 17.0. The van der Waals surface area contributed by atoms with Crippen molar-refractivity contribution in [1.29, 1.82) is 0 Å². The molecule has 1 unspecified atom stereocenters. The maximum Gasteiger partial charge on any atom is 0.337 e. The molecule has 0 aliphatic rings. The third-order valence-corrected chi connectivity index (χ3v) is 5.50. The second-order valence-corrected chi connectivity index (χ2v) is 7.54. The van der Waals surface area contributed by atoms with Crippen molar-refractivity contribution in [3.63, 3.8) is 0 Å². The van der Waals surface area contributed by atoms with Gasteiger partial charge in [0, 0.05) is 11.8 Å². The van der Waals surface area contributed by atoms with Crippen LogP contribution in [0.2, 0.25) is 0 Å². The molecule has 9 heteroatoms. The summed E-state index contributed by atoms with van der Waals surface area (Å²) in [7, 11) is 0. The van der Waals surface area contributed by atoms with Gasteiger partial charge in [-0.2, -0.15) is 0 Å². The number of aromatic nitrogens is 2. The van der Waals surface area contributed by atoms with E-state index in [1.165, 1.54) is 9.95 Å². The number of ether oxygens (including phenoxy) is 1. The van der Waals surface area contributed by atoms with Gasteiger partial charge in [-0.25, -0.2) is 9.78 Å². The standard InChI is InChI=1S/C21H23N3O5S/c1-4-8-16-23-19-17(13(11-30-19)21(27)28)20(26)24(16)12(3)18(25)22-14-9-6-7-10-15(14)29-5-2/h6-7,9-12H,4-5,8H2,1-3H3,(H,22,25)(H,27,28). The molecule has 3 rings (SSSR count). The van der Waals surface area contributed by atoms with Crippen LogP contribution in [-0.2, 0) is 11.2 Å². The van der Waals surface area contributed by atoms with Crippen LogP contribution in [0.1, 0.15) is 49.4 Å². The molecule has 0 aliphatic carbocycles. The van der Waals surface area contributed by atoms with E-state index in [0.29, 0.717) is 35.1 Å². The van der Waals surface area contributed by atoms with Crippen LogP contribution in [0.5, 0.6) is 5.75 Å². The van der Waals surface area contributed by atoms with E-state index in [1.807, 2.05) is 13.8 Å². The monoisotopic (exact) mass is 429 g/mol. The zero-order chi connectivity index (χ0) is 21.8. The molecule has 2 heterocycles. The van der Waals surface area contributed by atoms with E-state index in [9.17, 15) is 19.5 Å². The van der Waals surface area contributed by atoms with Gasteiger partial charge in [-0.05, 0) is 32.4 Å². The Balaban J connectivity index is 2.06. The number of nitrogens with zero attached hydrogens (tertiary/aromatic N) is 2. The first-order valence-corrected chi connectivity index (χ1v) is 10.6. The number of para-hydroxylation sites is 2. The number of carbonyl (C=O) groups is 2. The van der Waals surface area contributed by atoms with Crippen molar-refractivity contribution in [2.24, 2.45) is 0 Å². The number of anilines is 1. The summed E-state index contributed by atoms with van der Waals surface area (Å²) in [5.41, 5.74) is -0.126. The average Bonchev–Trinajstić information content (AvgIpc) is 3.14. The average molecular weight is 429 g/mol. The fraction of sp³-hybridized carbons (Fsp3) is 0.333. The molecule has 8 nitrogen and oxygen atoms in total. The molecule has 3 aromatic rings. The summed E-state index contributed by atoms with van der Waals surface area (Å²) in [4.78, 5) is 42.6. The van der Waals surface area contributed by atoms with Gasteiger partial charge in [0.2, 0.25) is 5.91 Å². The maximum absolute atomic E-state index is 13.2. The smallest absolute Gasteiger partial charge is 0.337 e. The Morgan fingerprint density at radius 3 is 2.70 bits per heavy atom. The summed E-state index contributed by atoms with van der Waals surface area (Å²) in [5.74, 6) is -0.636. The minimum atomic E-state index is -1.20. The summed E-state index contributed by atoms with van der Waals surface area (Å²) in [6, 6.07) is 6.14. The Morgan fingerprint density at radius 2 is 2.03 bits per heavy atom. The first-order valence-electron chi connectivity index (χ1n) is 9.67. The number of carboxylic acids is 1. The molecule has 0 fully saturated rings. The van der Waals surface area contributed by atoms with Crippen LogP contribution >= 0.6 is 11.3 Å². The van der Waals surface area contributed by atoms with Gasteiger partial charge in [0.1, 0.15) is 22.4 Å². The van der Waals surface area contributed by atoms with E-state index >= 15 is 0 Å². The predicted octanol–water partition coefficient (Wildman–Crippen LogP) is 3.71. The molecule has 0 spiro atoms. The number of aromatic carboxylic acids is 1. The van der Waals surface area contributed by atoms with E-state index in [1.54, 1.807) is 31.2 Å². The van der Waals surface area contributed by atoms with Crippen molar-refractivity contribution < 1.29 is 19.4 Å². The lowest BCUT2D eigenvalue weighted by Gasteiger charge is -2.20. The van der Waals surface area contributed by atoms with Gasteiger partial charge in [0.15, 0.2) is 0 Å². The fourth-order valence-electron chi connectivity index (χ4n) is 3.21. The molecule has 1 amide bonds. The topological polar surface area (TPSA) is 111 Å². The molecular formula is C21H23N3O5S. The zero-order valence-corrected chi connectivity index (χ0v) is 17.8. The number of fused-ring (bicyclic) bond motifs is 1. The number of carboxylic acid groups (broad SMARTS) is 1. The van der Waals surface area contributed by atoms with Gasteiger partial charge >= 0.3 is 5.97 Å². The van der Waals surface area contributed by atoms with Crippen molar-refractivity contribution in [2.75, 3.05) is 11.9 Å². The molecule has 2 aromatic heterocycles. The fourth-order valence-corrected chi connectivity index (χ4v) is 4.13. The molecule has 0 radical (unpaired) electrons. The molecule has 0 bridgehead atoms. The third kappa shape index (κ3) is 4.06. The molecule has 1 atom stereocenters. The highest BCUT2D eigenvalue weighted by atomic mass is 32.1. The number of aryl methyl sites for hydroxylation is 1. The highest BCUT2D eigenvalue weighted by Gasteiger charge is 2.25. The number of amides is 1. The molecule has 0 saturated heterocycles. The number of hydrogen-bond donors (Lipinski definition) is 2. The van der Waals surface area contributed by atoms with E-state index in [0.717, 1.165) is 17.8 Å². The normalized spacial score (nSPS) is 12.0. The maximum atomic E-state index is 13.2. The number of hydrogen-bond acceptors (Lipinski definition) is 6. The van der Waals surface area contributed by atoms with E-state index < -0.39 is 23.5 Å². The molecule has 0 saturated carbocycles. The lowest BCUT2D eigenvalue weighted by atomic mass is 10.2. The summed E-state index contributed by atoms with van der Waals surface area (Å²) in [5, 5.41) is 13.7. The lowest BCUT2D eigenvalue weighted by molar-refractivity contribution is -0.119. The van der Waals surface area contributed by atoms with E-state index in [-0.39, 0.29) is 10.9 Å². The minimum Gasteiger partial charge on any atom is -0.492 e. The SMILES string of the molecule is CCCc1nc2scc(C(=O)O)c2c(=O)n1C(C)C(=O)Nc1ccccc1OCC. The van der Waals surface area contributed by atoms with Gasteiger partial charge < -0.3 is 15.2 Å². The third-order valence-electron chi connectivity index (χ3n) is 4.63. The summed E-state index contributed by atoms with van der Waals surface area (Å²) in [6.45, 7) is 5.83. The highest BCUT2D eigenvalue weighted by molar-refractivity contribution is 7.17. The molecule has 2 N–H and O–H groups in total. The van der Waals surface area contributed by atoms with Crippen molar-refractivity contribution in [3.8, 4) is 5.75 Å². The minimum absolute atomic E-state index is 0.0294. The van der Waals surface area contributed by atoms with E-state index in [4.69, 9.17) is 4.74 Å².